The van der Waals surface area contributed by atoms with Gasteiger partial charge in [-0.25, -0.2) is 13.4 Å². The maximum Gasteiger partial charge on any atom is 0.319 e. The molecule has 1 N–H and O–H groups in total. The zero-order valence-corrected chi connectivity index (χ0v) is 16.3. The molecular weight excluding hydrogens is 408 g/mol. The number of alkyl halides is 2. The summed E-state index contributed by atoms with van der Waals surface area (Å²) in [4.78, 5) is 14.4. The number of sulfonamides is 1. The normalized spacial score (nSPS) is 16.0. The Morgan fingerprint density at radius 3 is 2.52 bits per heavy atom. The van der Waals surface area contributed by atoms with Crippen LogP contribution < -0.4 is 5.32 Å². The Balaban J connectivity index is 1.85. The highest BCUT2D eigenvalue weighted by molar-refractivity contribution is 7.89. The van der Waals surface area contributed by atoms with Gasteiger partial charge in [-0.15, -0.1) is 0 Å². The van der Waals surface area contributed by atoms with Gasteiger partial charge in [-0.3, -0.25) is 14.7 Å². The lowest BCUT2D eigenvalue weighted by Gasteiger charge is -2.20. The van der Waals surface area contributed by atoms with Crippen molar-refractivity contribution in [2.45, 2.75) is 43.7 Å². The van der Waals surface area contributed by atoms with E-state index in [9.17, 15) is 27.3 Å². The number of nitrogens with zero attached hydrogens (tertiary/aromatic N) is 4. The Morgan fingerprint density at radius 1 is 1.21 bits per heavy atom. The number of benzene rings is 1. The van der Waals surface area contributed by atoms with Crippen LogP contribution in [0.3, 0.4) is 0 Å². The maximum absolute atomic E-state index is 12.9. The van der Waals surface area contributed by atoms with Crippen molar-refractivity contribution in [3.8, 4) is 0 Å². The van der Waals surface area contributed by atoms with Crippen molar-refractivity contribution in [3.63, 3.8) is 0 Å². The van der Waals surface area contributed by atoms with Crippen LogP contribution in [0.25, 0.3) is 0 Å². The first-order valence-corrected chi connectivity index (χ1v) is 10.6. The summed E-state index contributed by atoms with van der Waals surface area (Å²) < 4.78 is 53.5. The first-order valence-electron chi connectivity index (χ1n) is 9.13. The SMILES string of the molecule is O=[N+]([O-])c1cc(S(=O)(=O)N2CCCCCC2)ccc1NCc1nccn1C(F)F. The molecular formula is C17H21F2N5O4S. The van der Waals surface area contributed by atoms with Crippen LogP contribution in [0.2, 0.25) is 0 Å². The second-order valence-corrected chi connectivity index (χ2v) is 8.57. The van der Waals surface area contributed by atoms with Gasteiger partial charge in [0.05, 0.1) is 16.4 Å². The van der Waals surface area contributed by atoms with E-state index in [4.69, 9.17) is 0 Å². The van der Waals surface area contributed by atoms with E-state index >= 15 is 0 Å². The fourth-order valence-corrected chi connectivity index (χ4v) is 4.77. The quantitative estimate of drug-likeness (QED) is 0.534. The van der Waals surface area contributed by atoms with Gasteiger partial charge in [0.1, 0.15) is 11.5 Å². The fourth-order valence-electron chi connectivity index (χ4n) is 3.24. The summed E-state index contributed by atoms with van der Waals surface area (Å²) in [5.41, 5.74) is -0.426. The highest BCUT2D eigenvalue weighted by Crippen LogP contribution is 2.30. The van der Waals surface area contributed by atoms with E-state index in [1.807, 2.05) is 0 Å². The molecule has 0 amide bonds. The summed E-state index contributed by atoms with van der Waals surface area (Å²) in [5.74, 6) is -0.00411. The minimum atomic E-state index is -3.85. The molecule has 0 radical (unpaired) electrons. The number of anilines is 1. The van der Waals surface area contributed by atoms with Gasteiger partial charge >= 0.3 is 6.55 Å². The zero-order valence-electron chi connectivity index (χ0n) is 15.5. The average molecular weight is 429 g/mol. The van der Waals surface area contributed by atoms with Crippen molar-refractivity contribution in [1.29, 1.82) is 0 Å². The van der Waals surface area contributed by atoms with E-state index in [0.717, 1.165) is 37.9 Å². The molecule has 0 spiro atoms. The maximum atomic E-state index is 12.9. The molecule has 1 saturated heterocycles. The molecule has 1 aromatic carbocycles. The third-order valence-electron chi connectivity index (χ3n) is 4.76. The van der Waals surface area contributed by atoms with Crippen LogP contribution in [-0.4, -0.2) is 40.3 Å². The number of hydrogen-bond acceptors (Lipinski definition) is 6. The topological polar surface area (TPSA) is 110 Å². The summed E-state index contributed by atoms with van der Waals surface area (Å²) in [6.45, 7) is -2.21. The summed E-state index contributed by atoms with van der Waals surface area (Å²) in [7, 11) is -3.85. The van der Waals surface area contributed by atoms with Crippen molar-refractivity contribution in [2.75, 3.05) is 18.4 Å². The second kappa shape index (κ2) is 8.82. The lowest BCUT2D eigenvalue weighted by Crippen LogP contribution is -2.32. The summed E-state index contributed by atoms with van der Waals surface area (Å²) in [6.07, 6.45) is 5.70. The number of aromatic nitrogens is 2. The van der Waals surface area contributed by atoms with Crippen LogP contribution in [0.1, 0.15) is 38.1 Å². The van der Waals surface area contributed by atoms with E-state index in [1.165, 1.54) is 22.6 Å². The van der Waals surface area contributed by atoms with Gasteiger partial charge in [-0.1, -0.05) is 12.8 Å². The molecule has 1 aliphatic heterocycles. The third kappa shape index (κ3) is 4.70. The number of rotatable bonds is 7. The molecule has 0 saturated carbocycles. The zero-order chi connectivity index (χ0) is 21.0. The largest absolute Gasteiger partial charge is 0.372 e. The predicted octanol–water partition coefficient (Wildman–Crippen LogP) is 3.36. The van der Waals surface area contributed by atoms with Gasteiger partial charge in [-0.05, 0) is 25.0 Å². The molecule has 29 heavy (non-hydrogen) atoms. The van der Waals surface area contributed by atoms with E-state index in [-0.39, 0.29) is 23.0 Å². The summed E-state index contributed by atoms with van der Waals surface area (Å²) in [5, 5.41) is 14.2. The Hall–Kier alpha value is -2.60. The lowest BCUT2D eigenvalue weighted by atomic mass is 10.2. The summed E-state index contributed by atoms with van der Waals surface area (Å²) in [6, 6.07) is 3.57. The van der Waals surface area contributed by atoms with Gasteiger partial charge in [0.25, 0.3) is 5.69 Å². The van der Waals surface area contributed by atoms with Crippen LogP contribution in [0.15, 0.2) is 35.5 Å². The van der Waals surface area contributed by atoms with Crippen molar-refractivity contribution >= 4 is 21.4 Å². The number of nitro groups is 1. The van der Waals surface area contributed by atoms with Gasteiger partial charge in [0.15, 0.2) is 0 Å². The first-order chi connectivity index (χ1) is 13.8. The van der Waals surface area contributed by atoms with E-state index < -0.39 is 27.2 Å². The molecule has 3 rings (SSSR count). The van der Waals surface area contributed by atoms with Crippen LogP contribution in [-0.2, 0) is 16.6 Å². The van der Waals surface area contributed by atoms with Crippen LogP contribution >= 0.6 is 0 Å². The van der Waals surface area contributed by atoms with E-state index in [1.54, 1.807) is 0 Å². The molecule has 2 aromatic rings. The monoisotopic (exact) mass is 429 g/mol. The van der Waals surface area contributed by atoms with Gasteiger partial charge in [0.2, 0.25) is 10.0 Å². The highest BCUT2D eigenvalue weighted by Gasteiger charge is 2.28. The Bertz CT molecular complexity index is 972. The van der Waals surface area contributed by atoms with Gasteiger partial charge < -0.3 is 5.32 Å². The van der Waals surface area contributed by atoms with E-state index in [2.05, 4.69) is 10.3 Å². The highest BCUT2D eigenvalue weighted by atomic mass is 32.2. The van der Waals surface area contributed by atoms with Crippen LogP contribution in [0.4, 0.5) is 20.2 Å². The lowest BCUT2D eigenvalue weighted by molar-refractivity contribution is -0.384. The van der Waals surface area contributed by atoms with Crippen molar-refractivity contribution in [1.82, 2.24) is 13.9 Å². The van der Waals surface area contributed by atoms with E-state index in [0.29, 0.717) is 17.7 Å². The smallest absolute Gasteiger partial charge is 0.319 e. The molecule has 1 fully saturated rings. The van der Waals surface area contributed by atoms with Crippen LogP contribution in [0.5, 0.6) is 0 Å². The minimum absolute atomic E-state index is 0.00411. The molecule has 0 bridgehead atoms. The van der Waals surface area contributed by atoms with Gasteiger partial charge in [0, 0.05) is 31.5 Å². The molecule has 9 nitrogen and oxygen atoms in total. The number of nitro benzene ring substituents is 1. The summed E-state index contributed by atoms with van der Waals surface area (Å²) >= 11 is 0. The minimum Gasteiger partial charge on any atom is -0.372 e. The molecule has 1 aliphatic rings. The number of hydrogen-bond donors (Lipinski definition) is 1. The molecule has 0 atom stereocenters. The molecule has 0 aliphatic carbocycles. The van der Waals surface area contributed by atoms with Crippen molar-refractivity contribution in [3.05, 3.63) is 46.5 Å². The second-order valence-electron chi connectivity index (χ2n) is 6.64. The van der Waals surface area contributed by atoms with Gasteiger partial charge in [-0.2, -0.15) is 13.1 Å². The Kier molecular flexibility index (Phi) is 6.42. The first kappa shape index (κ1) is 21.1. The standard InChI is InChI=1S/C17H21F2N5O4S/c18-17(19)23-10-7-20-16(23)12-21-14-6-5-13(11-15(14)24(25)26)29(27,28)22-8-3-1-2-4-9-22/h5-7,10-11,17,21H,1-4,8-9,12H2. The number of nitrogens with one attached hydrogen (secondary N) is 1. The molecule has 2 heterocycles. The predicted molar refractivity (Wildman–Crippen MR) is 101 cm³/mol. The molecule has 158 valence electrons. The van der Waals surface area contributed by atoms with Crippen molar-refractivity contribution in [2.24, 2.45) is 0 Å². The Labute approximate surface area is 166 Å². The Morgan fingerprint density at radius 2 is 1.90 bits per heavy atom. The third-order valence-corrected chi connectivity index (χ3v) is 6.66. The molecule has 12 heteroatoms. The average Bonchev–Trinajstić information content (AvgIpc) is 2.98. The molecule has 1 aromatic heterocycles. The fraction of sp³-hybridized carbons (Fsp3) is 0.471. The number of imidazole rings is 1. The number of halogens is 2. The molecule has 0 unspecified atom stereocenters. The van der Waals surface area contributed by atoms with Crippen molar-refractivity contribution < 1.29 is 22.1 Å². The van der Waals surface area contributed by atoms with Crippen LogP contribution in [0, 0.1) is 10.1 Å².